The molecular weight excluding hydrogens is 771 g/mol. The van der Waals surface area contributed by atoms with E-state index in [2.05, 4.69) is 180 Å². The van der Waals surface area contributed by atoms with Crippen molar-refractivity contribution in [3.63, 3.8) is 0 Å². The molecule has 0 unspecified atom stereocenters. The Labute approximate surface area is 361 Å². The van der Waals surface area contributed by atoms with E-state index in [1.807, 2.05) is 36.4 Å². The van der Waals surface area contributed by atoms with Gasteiger partial charge in [0.05, 0.1) is 33.5 Å². The van der Waals surface area contributed by atoms with Crippen LogP contribution in [0.25, 0.3) is 128 Å². The summed E-state index contributed by atoms with van der Waals surface area (Å²) in [6, 6.07) is 74.4. The molecular formula is C58H35N3O2. The van der Waals surface area contributed by atoms with Gasteiger partial charge in [0, 0.05) is 54.7 Å². The molecule has 0 saturated heterocycles. The predicted molar refractivity (Wildman–Crippen MR) is 258 cm³/mol. The fourth-order valence-corrected chi connectivity index (χ4v) is 9.51. The number of fused-ring (bicyclic) bond motifs is 10. The lowest BCUT2D eigenvalue weighted by Gasteiger charge is -2.21. The highest BCUT2D eigenvalue weighted by Gasteiger charge is 2.25. The van der Waals surface area contributed by atoms with Gasteiger partial charge in [-0.05, 0) is 65.7 Å². The van der Waals surface area contributed by atoms with Crippen LogP contribution in [0.2, 0.25) is 0 Å². The second kappa shape index (κ2) is 14.0. The second-order valence-electron chi connectivity index (χ2n) is 16.1. The monoisotopic (exact) mass is 805 g/mol. The lowest BCUT2D eigenvalue weighted by Crippen LogP contribution is -2.02. The fourth-order valence-electron chi connectivity index (χ4n) is 9.51. The first-order chi connectivity index (χ1) is 31.2. The molecule has 13 aromatic rings. The first kappa shape index (κ1) is 35.2. The van der Waals surface area contributed by atoms with E-state index in [1.54, 1.807) is 0 Å². The van der Waals surface area contributed by atoms with Gasteiger partial charge >= 0.3 is 0 Å². The zero-order chi connectivity index (χ0) is 41.4. The van der Waals surface area contributed by atoms with Crippen LogP contribution in [0.1, 0.15) is 0 Å². The molecule has 5 nitrogen and oxygen atoms in total. The minimum Gasteiger partial charge on any atom is -0.456 e. The third-order valence-electron chi connectivity index (χ3n) is 12.4. The Hall–Kier alpha value is -8.54. The summed E-state index contributed by atoms with van der Waals surface area (Å²) >= 11 is 0. The molecule has 13 rings (SSSR count). The number of hydrogen-bond acceptors (Lipinski definition) is 4. The minimum absolute atomic E-state index is 0.678. The molecule has 63 heavy (non-hydrogen) atoms. The molecule has 294 valence electrons. The third-order valence-corrected chi connectivity index (χ3v) is 12.4. The summed E-state index contributed by atoms with van der Waals surface area (Å²) in [6.45, 7) is 0. The van der Waals surface area contributed by atoms with Crippen molar-refractivity contribution >= 4 is 65.7 Å². The third kappa shape index (κ3) is 5.64. The van der Waals surface area contributed by atoms with E-state index in [0.29, 0.717) is 5.82 Å². The largest absolute Gasteiger partial charge is 0.456 e. The van der Waals surface area contributed by atoms with E-state index in [4.69, 9.17) is 18.8 Å². The molecule has 0 saturated carbocycles. The van der Waals surface area contributed by atoms with Crippen LogP contribution in [0.4, 0.5) is 0 Å². The Morgan fingerprint density at radius 3 is 1.52 bits per heavy atom. The van der Waals surface area contributed by atoms with Crippen LogP contribution < -0.4 is 0 Å². The van der Waals surface area contributed by atoms with Crippen LogP contribution in [-0.4, -0.2) is 14.5 Å². The maximum absolute atomic E-state index is 6.98. The molecule has 0 aliphatic rings. The number of para-hydroxylation sites is 2. The van der Waals surface area contributed by atoms with Gasteiger partial charge in [-0.25, -0.2) is 9.97 Å². The standard InChI is InChI=1S/C58H35N3O2/c1-5-17-36(18-6-1)44-31-40(49-35-48(38-21-9-3-10-22-38)59-58(60-49)39-23-11-4-12-24-39)32-45(37-19-7-2-8-20-37)56(44)61-50-27-15-13-26-43(50)55-51(61)30-29-42-47-34-53-46(33-54(47)63-57(42)55)41-25-14-16-28-52(41)62-53/h1-35H. The van der Waals surface area contributed by atoms with Crippen molar-refractivity contribution < 1.29 is 8.83 Å². The van der Waals surface area contributed by atoms with Crippen molar-refractivity contribution in [2.75, 3.05) is 0 Å². The number of nitrogens with zero attached hydrogens (tertiary/aromatic N) is 3. The van der Waals surface area contributed by atoms with Crippen molar-refractivity contribution in [1.82, 2.24) is 14.5 Å². The summed E-state index contributed by atoms with van der Waals surface area (Å²) in [5, 5.41) is 6.40. The molecule has 0 aliphatic heterocycles. The number of benzene rings is 9. The molecule has 0 N–H and O–H groups in total. The van der Waals surface area contributed by atoms with Crippen molar-refractivity contribution in [3.8, 4) is 61.8 Å². The summed E-state index contributed by atoms with van der Waals surface area (Å²) in [7, 11) is 0. The average Bonchev–Trinajstić information content (AvgIpc) is 4.02. The number of hydrogen-bond donors (Lipinski definition) is 0. The molecule has 9 aromatic carbocycles. The first-order valence-corrected chi connectivity index (χ1v) is 21.2. The Balaban J connectivity index is 1.12. The van der Waals surface area contributed by atoms with Gasteiger partial charge in [0.2, 0.25) is 0 Å². The number of rotatable bonds is 6. The first-order valence-electron chi connectivity index (χ1n) is 21.2. The summed E-state index contributed by atoms with van der Waals surface area (Å²) in [5.74, 6) is 0.678. The Morgan fingerprint density at radius 1 is 0.333 bits per heavy atom. The van der Waals surface area contributed by atoms with Crippen molar-refractivity contribution in [3.05, 3.63) is 212 Å². The van der Waals surface area contributed by atoms with E-state index in [1.165, 1.54) is 0 Å². The van der Waals surface area contributed by atoms with Crippen molar-refractivity contribution in [1.29, 1.82) is 0 Å². The highest BCUT2D eigenvalue weighted by atomic mass is 16.3. The van der Waals surface area contributed by atoms with Gasteiger partial charge in [0.15, 0.2) is 5.82 Å². The Kier molecular flexibility index (Phi) is 7.84. The van der Waals surface area contributed by atoms with Gasteiger partial charge in [0.25, 0.3) is 0 Å². The molecule has 0 radical (unpaired) electrons. The molecule has 5 heteroatoms. The van der Waals surface area contributed by atoms with E-state index < -0.39 is 0 Å². The minimum atomic E-state index is 0.678. The fraction of sp³-hybridized carbons (Fsp3) is 0. The quantitative estimate of drug-likeness (QED) is 0.168. The van der Waals surface area contributed by atoms with Crippen molar-refractivity contribution in [2.24, 2.45) is 0 Å². The smallest absolute Gasteiger partial charge is 0.160 e. The topological polar surface area (TPSA) is 57.0 Å². The molecule has 0 spiro atoms. The van der Waals surface area contributed by atoms with Gasteiger partial charge in [-0.1, -0.05) is 158 Å². The van der Waals surface area contributed by atoms with Gasteiger partial charge in [0.1, 0.15) is 22.3 Å². The number of furan rings is 2. The van der Waals surface area contributed by atoms with E-state index in [9.17, 15) is 0 Å². The maximum atomic E-state index is 6.98. The van der Waals surface area contributed by atoms with Crippen molar-refractivity contribution in [2.45, 2.75) is 0 Å². The maximum Gasteiger partial charge on any atom is 0.160 e. The molecule has 4 aromatic heterocycles. The molecule has 0 amide bonds. The highest BCUT2D eigenvalue weighted by molar-refractivity contribution is 6.25. The highest BCUT2D eigenvalue weighted by Crippen LogP contribution is 2.47. The van der Waals surface area contributed by atoms with Crippen LogP contribution in [-0.2, 0) is 0 Å². The number of aromatic nitrogens is 3. The molecule has 0 fully saturated rings. The van der Waals surface area contributed by atoms with Crippen LogP contribution >= 0.6 is 0 Å². The van der Waals surface area contributed by atoms with Gasteiger partial charge < -0.3 is 13.4 Å². The van der Waals surface area contributed by atoms with E-state index in [-0.39, 0.29) is 0 Å². The summed E-state index contributed by atoms with van der Waals surface area (Å²) in [6.07, 6.45) is 0. The molecule has 0 atom stereocenters. The summed E-state index contributed by atoms with van der Waals surface area (Å²) < 4.78 is 15.8. The summed E-state index contributed by atoms with van der Waals surface area (Å²) in [5.41, 5.74) is 15.7. The van der Waals surface area contributed by atoms with Crippen LogP contribution in [0.5, 0.6) is 0 Å². The van der Waals surface area contributed by atoms with Crippen LogP contribution in [0, 0.1) is 0 Å². The van der Waals surface area contributed by atoms with E-state index in [0.717, 1.165) is 122 Å². The van der Waals surface area contributed by atoms with E-state index >= 15 is 0 Å². The zero-order valence-electron chi connectivity index (χ0n) is 33.9. The van der Waals surface area contributed by atoms with Gasteiger partial charge in [-0.3, -0.25) is 0 Å². The van der Waals surface area contributed by atoms with Gasteiger partial charge in [-0.15, -0.1) is 0 Å². The average molecular weight is 806 g/mol. The summed E-state index contributed by atoms with van der Waals surface area (Å²) in [4.78, 5) is 10.4. The second-order valence-corrected chi connectivity index (χ2v) is 16.1. The lowest BCUT2D eigenvalue weighted by atomic mass is 9.91. The lowest BCUT2D eigenvalue weighted by molar-refractivity contribution is 0.665. The van der Waals surface area contributed by atoms with Crippen LogP contribution in [0.3, 0.4) is 0 Å². The molecule has 4 heterocycles. The Bertz CT molecular complexity index is 3770. The van der Waals surface area contributed by atoms with Gasteiger partial charge in [-0.2, -0.15) is 0 Å². The molecule has 0 bridgehead atoms. The normalized spacial score (nSPS) is 11.8. The molecule has 0 aliphatic carbocycles. The predicted octanol–water partition coefficient (Wildman–Crippen LogP) is 15.7. The Morgan fingerprint density at radius 2 is 0.857 bits per heavy atom. The zero-order valence-corrected chi connectivity index (χ0v) is 33.9. The van der Waals surface area contributed by atoms with Crippen LogP contribution in [0.15, 0.2) is 221 Å². The SMILES string of the molecule is c1ccc(-c2cc(-c3cc(-c4ccccc4)c(-n4c5ccccc5c5c6oc7cc8c(cc7c6ccc54)oc4ccccc48)c(-c4ccccc4)c3)nc(-c3ccccc3)n2)cc1.